The highest BCUT2D eigenvalue weighted by Crippen LogP contribution is 2.40. The average Bonchev–Trinajstić information content (AvgIpc) is 2.74. The molecule has 1 aliphatic rings. The van der Waals surface area contributed by atoms with Crippen molar-refractivity contribution >= 4 is 11.7 Å². The van der Waals surface area contributed by atoms with E-state index in [2.05, 4.69) is 17.4 Å². The van der Waals surface area contributed by atoms with Gasteiger partial charge in [-0.05, 0) is 30.5 Å². The highest BCUT2D eigenvalue weighted by Gasteiger charge is 2.39. The summed E-state index contributed by atoms with van der Waals surface area (Å²) in [6.07, 6.45) is 3.67. The van der Waals surface area contributed by atoms with Gasteiger partial charge >= 0.3 is 0 Å². The summed E-state index contributed by atoms with van der Waals surface area (Å²) in [6.45, 7) is 0.450. The predicted octanol–water partition coefficient (Wildman–Crippen LogP) is 3.56. The second-order valence-corrected chi connectivity index (χ2v) is 7.75. The molecule has 1 N–H and O–H groups in total. The number of methoxy groups -OCH3 is 1. The van der Waals surface area contributed by atoms with Crippen LogP contribution in [0.1, 0.15) is 35.2 Å². The SMILES string of the molecule is COc1ccccc1C(=O)NCC1(c2ccccc2)CCC(=O)C(=CN(C)C)C1. The summed E-state index contributed by atoms with van der Waals surface area (Å²) in [6, 6.07) is 17.3. The van der Waals surface area contributed by atoms with Gasteiger partial charge in [0, 0.05) is 44.2 Å². The lowest BCUT2D eigenvalue weighted by molar-refractivity contribution is -0.117. The molecule has 0 saturated heterocycles. The lowest BCUT2D eigenvalue weighted by Crippen LogP contribution is -2.44. The summed E-state index contributed by atoms with van der Waals surface area (Å²) >= 11 is 0. The number of ether oxygens (including phenoxy) is 1. The van der Waals surface area contributed by atoms with Crippen LogP contribution in [0.4, 0.5) is 0 Å². The van der Waals surface area contributed by atoms with Crippen LogP contribution in [-0.4, -0.2) is 44.3 Å². The number of nitrogens with one attached hydrogen (secondary N) is 1. The summed E-state index contributed by atoms with van der Waals surface area (Å²) in [5.74, 6) is 0.555. The molecule has 2 aromatic rings. The maximum absolute atomic E-state index is 12.9. The molecule has 5 heteroatoms. The third kappa shape index (κ3) is 4.67. The number of amides is 1. The maximum atomic E-state index is 12.9. The summed E-state index contributed by atoms with van der Waals surface area (Å²) in [5.41, 5.74) is 2.12. The second-order valence-electron chi connectivity index (χ2n) is 7.75. The largest absolute Gasteiger partial charge is 0.496 e. The molecule has 0 aliphatic heterocycles. The molecule has 1 unspecified atom stereocenters. The topological polar surface area (TPSA) is 58.6 Å². The molecule has 1 aliphatic carbocycles. The van der Waals surface area contributed by atoms with Crippen LogP contribution in [-0.2, 0) is 10.2 Å². The van der Waals surface area contributed by atoms with Gasteiger partial charge in [-0.3, -0.25) is 9.59 Å². The van der Waals surface area contributed by atoms with Gasteiger partial charge < -0.3 is 15.0 Å². The average molecular weight is 392 g/mol. The Hall–Kier alpha value is -3.08. The van der Waals surface area contributed by atoms with Crippen LogP contribution in [0.15, 0.2) is 66.4 Å². The lowest BCUT2D eigenvalue weighted by atomic mass is 9.67. The number of para-hydroxylation sites is 1. The molecule has 0 aromatic heterocycles. The molecule has 1 fully saturated rings. The lowest BCUT2D eigenvalue weighted by Gasteiger charge is -2.39. The molecule has 0 heterocycles. The van der Waals surface area contributed by atoms with E-state index < -0.39 is 0 Å². The van der Waals surface area contributed by atoms with Gasteiger partial charge in [-0.2, -0.15) is 0 Å². The number of allylic oxidation sites excluding steroid dienone is 1. The standard InChI is InChI=1S/C24H28N2O3/c1-26(2)16-18-15-24(14-13-21(18)27,19-9-5-4-6-10-19)17-25-23(28)20-11-7-8-12-22(20)29-3/h4-12,16H,13-15,17H2,1-3H3,(H,25,28). The molecule has 1 amide bonds. The van der Waals surface area contributed by atoms with Crippen LogP contribution >= 0.6 is 0 Å². The molecule has 5 nitrogen and oxygen atoms in total. The monoisotopic (exact) mass is 392 g/mol. The Kier molecular flexibility index (Phi) is 6.37. The van der Waals surface area contributed by atoms with E-state index in [0.29, 0.717) is 37.1 Å². The zero-order valence-corrected chi connectivity index (χ0v) is 17.3. The van der Waals surface area contributed by atoms with Crippen LogP contribution in [0.25, 0.3) is 0 Å². The molecule has 3 rings (SSSR count). The van der Waals surface area contributed by atoms with Gasteiger partial charge in [0.1, 0.15) is 5.75 Å². The highest BCUT2D eigenvalue weighted by atomic mass is 16.5. The predicted molar refractivity (Wildman–Crippen MR) is 114 cm³/mol. The number of hydrogen-bond acceptors (Lipinski definition) is 4. The number of hydrogen-bond donors (Lipinski definition) is 1. The minimum absolute atomic E-state index is 0.173. The van der Waals surface area contributed by atoms with E-state index in [1.807, 2.05) is 55.5 Å². The first-order valence-corrected chi connectivity index (χ1v) is 9.82. The van der Waals surface area contributed by atoms with Crippen molar-refractivity contribution in [3.8, 4) is 5.75 Å². The van der Waals surface area contributed by atoms with Crippen LogP contribution in [0.2, 0.25) is 0 Å². The van der Waals surface area contributed by atoms with E-state index in [0.717, 1.165) is 11.1 Å². The fourth-order valence-electron chi connectivity index (χ4n) is 3.96. The third-order valence-corrected chi connectivity index (χ3v) is 5.46. The van der Waals surface area contributed by atoms with Crippen molar-refractivity contribution < 1.29 is 14.3 Å². The van der Waals surface area contributed by atoms with Crippen LogP contribution in [0.5, 0.6) is 5.75 Å². The zero-order chi connectivity index (χ0) is 20.9. The van der Waals surface area contributed by atoms with Gasteiger partial charge in [0.15, 0.2) is 5.78 Å². The maximum Gasteiger partial charge on any atom is 0.255 e. The molecule has 29 heavy (non-hydrogen) atoms. The fourth-order valence-corrected chi connectivity index (χ4v) is 3.96. The quantitative estimate of drug-likeness (QED) is 0.764. The van der Waals surface area contributed by atoms with E-state index in [1.54, 1.807) is 19.2 Å². The van der Waals surface area contributed by atoms with Gasteiger partial charge in [-0.1, -0.05) is 42.5 Å². The normalized spacial score (nSPS) is 20.4. The number of rotatable bonds is 6. The van der Waals surface area contributed by atoms with E-state index in [-0.39, 0.29) is 17.1 Å². The first kappa shape index (κ1) is 20.6. The van der Waals surface area contributed by atoms with Gasteiger partial charge in [0.25, 0.3) is 5.91 Å². The van der Waals surface area contributed by atoms with Crippen molar-refractivity contribution in [3.63, 3.8) is 0 Å². The van der Waals surface area contributed by atoms with Gasteiger partial charge in [0.05, 0.1) is 12.7 Å². The summed E-state index contributed by atoms with van der Waals surface area (Å²) < 4.78 is 5.32. The molecular weight excluding hydrogens is 364 g/mol. The summed E-state index contributed by atoms with van der Waals surface area (Å²) in [7, 11) is 5.40. The Morgan fingerprint density at radius 2 is 1.83 bits per heavy atom. The number of benzene rings is 2. The Morgan fingerprint density at radius 1 is 1.14 bits per heavy atom. The van der Waals surface area contributed by atoms with Crippen molar-refractivity contribution in [2.24, 2.45) is 0 Å². The van der Waals surface area contributed by atoms with Crippen LogP contribution < -0.4 is 10.1 Å². The number of Topliss-reactive ketones (excluding diaryl/α,β-unsaturated/α-hetero) is 1. The minimum Gasteiger partial charge on any atom is -0.496 e. The van der Waals surface area contributed by atoms with Crippen molar-refractivity contribution in [2.45, 2.75) is 24.7 Å². The molecule has 0 radical (unpaired) electrons. The molecule has 0 spiro atoms. The molecule has 152 valence electrons. The Bertz CT molecular complexity index is 905. The molecule has 2 aromatic carbocycles. The first-order chi connectivity index (χ1) is 13.9. The summed E-state index contributed by atoms with van der Waals surface area (Å²) in [5, 5.41) is 3.10. The van der Waals surface area contributed by atoms with Crippen molar-refractivity contribution in [1.82, 2.24) is 10.2 Å². The molecular formula is C24H28N2O3. The number of ketones is 1. The van der Waals surface area contributed by atoms with Crippen molar-refractivity contribution in [1.29, 1.82) is 0 Å². The molecule has 1 saturated carbocycles. The van der Waals surface area contributed by atoms with Crippen LogP contribution in [0, 0.1) is 0 Å². The van der Waals surface area contributed by atoms with E-state index >= 15 is 0 Å². The minimum atomic E-state index is -0.325. The highest BCUT2D eigenvalue weighted by molar-refractivity contribution is 5.98. The fraction of sp³-hybridized carbons (Fsp3) is 0.333. The van der Waals surface area contributed by atoms with E-state index in [9.17, 15) is 9.59 Å². The smallest absolute Gasteiger partial charge is 0.255 e. The molecule has 1 atom stereocenters. The summed E-state index contributed by atoms with van der Waals surface area (Å²) in [4.78, 5) is 27.3. The van der Waals surface area contributed by atoms with E-state index in [1.165, 1.54) is 0 Å². The number of nitrogens with zero attached hydrogens (tertiary/aromatic N) is 1. The van der Waals surface area contributed by atoms with Gasteiger partial charge in [-0.15, -0.1) is 0 Å². The van der Waals surface area contributed by atoms with Gasteiger partial charge in [0.2, 0.25) is 0 Å². The Balaban J connectivity index is 1.89. The third-order valence-electron chi connectivity index (χ3n) is 5.46. The number of carbonyl (C=O) groups excluding carboxylic acids is 2. The van der Waals surface area contributed by atoms with Crippen molar-refractivity contribution in [2.75, 3.05) is 27.7 Å². The first-order valence-electron chi connectivity index (χ1n) is 9.82. The second kappa shape index (κ2) is 8.95. The Labute approximate surface area is 172 Å². The zero-order valence-electron chi connectivity index (χ0n) is 17.3. The number of carbonyl (C=O) groups is 2. The Morgan fingerprint density at radius 3 is 2.52 bits per heavy atom. The van der Waals surface area contributed by atoms with Gasteiger partial charge in [-0.25, -0.2) is 0 Å². The molecule has 0 bridgehead atoms. The van der Waals surface area contributed by atoms with Crippen molar-refractivity contribution in [3.05, 3.63) is 77.5 Å². The van der Waals surface area contributed by atoms with E-state index in [4.69, 9.17) is 4.74 Å². The van der Waals surface area contributed by atoms with Crippen LogP contribution in [0.3, 0.4) is 0 Å².